The van der Waals surface area contributed by atoms with E-state index in [1.54, 1.807) is 0 Å². The number of hydrogen-bond donors (Lipinski definition) is 1. The Labute approximate surface area is 113 Å². The van der Waals surface area contributed by atoms with Gasteiger partial charge in [0.2, 0.25) is 0 Å². The Balaban J connectivity index is 1.50. The van der Waals surface area contributed by atoms with Gasteiger partial charge >= 0.3 is 0 Å². The first-order valence-electron chi connectivity index (χ1n) is 6.70. The standard InChI is InChI=1S/C15H20N2S/c1-17(13-6-7-13)9-8-16-10-12-11-18-15-5-3-2-4-14(12)15/h2-5,11,13,16H,6-10H2,1H3. The van der Waals surface area contributed by atoms with Crippen LogP contribution in [0.1, 0.15) is 18.4 Å². The summed E-state index contributed by atoms with van der Waals surface area (Å²) in [6.07, 6.45) is 2.79. The third-order valence-electron chi connectivity index (χ3n) is 3.69. The number of benzene rings is 1. The van der Waals surface area contributed by atoms with Crippen LogP contribution in [0.15, 0.2) is 29.6 Å². The summed E-state index contributed by atoms with van der Waals surface area (Å²) in [5.41, 5.74) is 1.43. The predicted octanol–water partition coefficient (Wildman–Crippen LogP) is 3.09. The molecule has 2 aromatic rings. The average molecular weight is 260 g/mol. The van der Waals surface area contributed by atoms with Crippen LogP contribution in [0.3, 0.4) is 0 Å². The second-order valence-electron chi connectivity index (χ2n) is 5.15. The highest BCUT2D eigenvalue weighted by atomic mass is 32.1. The molecule has 0 unspecified atom stereocenters. The number of rotatable bonds is 6. The molecule has 1 aromatic carbocycles. The SMILES string of the molecule is CN(CCNCc1csc2ccccc12)C1CC1. The summed E-state index contributed by atoms with van der Waals surface area (Å²) >= 11 is 1.84. The minimum atomic E-state index is 0.869. The van der Waals surface area contributed by atoms with E-state index in [4.69, 9.17) is 0 Å². The van der Waals surface area contributed by atoms with E-state index in [-0.39, 0.29) is 0 Å². The monoisotopic (exact) mass is 260 g/mol. The van der Waals surface area contributed by atoms with Crippen LogP contribution >= 0.6 is 11.3 Å². The Morgan fingerprint density at radius 3 is 3.00 bits per heavy atom. The molecular formula is C15H20N2S. The van der Waals surface area contributed by atoms with E-state index in [1.807, 2.05) is 11.3 Å². The molecule has 2 nitrogen and oxygen atoms in total. The van der Waals surface area contributed by atoms with Crippen molar-refractivity contribution in [2.75, 3.05) is 20.1 Å². The van der Waals surface area contributed by atoms with Gasteiger partial charge in [-0.25, -0.2) is 0 Å². The van der Waals surface area contributed by atoms with E-state index in [1.165, 1.54) is 28.5 Å². The molecule has 0 spiro atoms. The molecule has 1 heterocycles. The quantitative estimate of drug-likeness (QED) is 0.803. The van der Waals surface area contributed by atoms with E-state index >= 15 is 0 Å². The summed E-state index contributed by atoms with van der Waals surface area (Å²) in [5, 5.41) is 7.25. The fraction of sp³-hybridized carbons (Fsp3) is 0.467. The van der Waals surface area contributed by atoms with Crippen LogP contribution in [0.4, 0.5) is 0 Å². The topological polar surface area (TPSA) is 15.3 Å². The van der Waals surface area contributed by atoms with Crippen molar-refractivity contribution in [2.45, 2.75) is 25.4 Å². The van der Waals surface area contributed by atoms with Crippen molar-refractivity contribution >= 4 is 21.4 Å². The maximum absolute atomic E-state index is 3.56. The van der Waals surface area contributed by atoms with Gasteiger partial charge < -0.3 is 10.2 Å². The molecule has 1 fully saturated rings. The van der Waals surface area contributed by atoms with Gasteiger partial charge in [-0.1, -0.05) is 18.2 Å². The highest BCUT2D eigenvalue weighted by Crippen LogP contribution is 2.26. The van der Waals surface area contributed by atoms with E-state index in [0.29, 0.717) is 0 Å². The van der Waals surface area contributed by atoms with E-state index < -0.39 is 0 Å². The third kappa shape index (κ3) is 2.74. The fourth-order valence-corrected chi connectivity index (χ4v) is 3.31. The third-order valence-corrected chi connectivity index (χ3v) is 4.70. The summed E-state index contributed by atoms with van der Waals surface area (Å²) in [6.45, 7) is 3.23. The molecule has 96 valence electrons. The number of likely N-dealkylation sites (N-methyl/N-ethyl adjacent to an activating group) is 1. The second kappa shape index (κ2) is 5.39. The van der Waals surface area contributed by atoms with Crippen molar-refractivity contribution in [3.63, 3.8) is 0 Å². The maximum atomic E-state index is 3.56. The number of nitrogens with one attached hydrogen (secondary N) is 1. The lowest BCUT2D eigenvalue weighted by Crippen LogP contribution is -2.30. The van der Waals surface area contributed by atoms with Gasteiger partial charge in [0.15, 0.2) is 0 Å². The fourth-order valence-electron chi connectivity index (χ4n) is 2.35. The van der Waals surface area contributed by atoms with Crippen molar-refractivity contribution in [1.82, 2.24) is 10.2 Å². The summed E-state index contributed by atoms with van der Waals surface area (Å²) in [4.78, 5) is 2.47. The Kier molecular flexibility index (Phi) is 3.64. The Hall–Kier alpha value is -0.900. The van der Waals surface area contributed by atoms with Crippen LogP contribution in [-0.4, -0.2) is 31.1 Å². The van der Waals surface area contributed by atoms with Crippen molar-refractivity contribution in [3.05, 3.63) is 35.2 Å². The summed E-state index contributed by atoms with van der Waals surface area (Å²) in [5.74, 6) is 0. The molecule has 1 aromatic heterocycles. The molecule has 0 amide bonds. The lowest BCUT2D eigenvalue weighted by Gasteiger charge is -2.15. The first-order valence-corrected chi connectivity index (χ1v) is 7.58. The van der Waals surface area contributed by atoms with Gasteiger partial charge in [0.1, 0.15) is 0 Å². The summed E-state index contributed by atoms with van der Waals surface area (Å²) in [6, 6.07) is 9.53. The average Bonchev–Trinajstić information content (AvgIpc) is 3.17. The molecule has 1 saturated carbocycles. The van der Waals surface area contributed by atoms with Gasteiger partial charge in [0.25, 0.3) is 0 Å². The minimum absolute atomic E-state index is 0.869. The first-order chi connectivity index (χ1) is 8.84. The zero-order valence-electron chi connectivity index (χ0n) is 10.9. The first kappa shape index (κ1) is 12.2. The maximum Gasteiger partial charge on any atom is 0.0346 e. The molecule has 3 heteroatoms. The van der Waals surface area contributed by atoms with Gasteiger partial charge in [0.05, 0.1) is 0 Å². The number of nitrogens with zero attached hydrogens (tertiary/aromatic N) is 1. The molecule has 1 N–H and O–H groups in total. The zero-order chi connectivity index (χ0) is 12.4. The van der Waals surface area contributed by atoms with Crippen molar-refractivity contribution in [1.29, 1.82) is 0 Å². The van der Waals surface area contributed by atoms with Gasteiger partial charge in [-0.05, 0) is 42.3 Å². The minimum Gasteiger partial charge on any atom is -0.311 e. The summed E-state index contributed by atoms with van der Waals surface area (Å²) < 4.78 is 1.39. The van der Waals surface area contributed by atoms with E-state index in [9.17, 15) is 0 Å². The molecule has 0 aliphatic heterocycles. The van der Waals surface area contributed by atoms with Crippen molar-refractivity contribution in [2.24, 2.45) is 0 Å². The van der Waals surface area contributed by atoms with Crippen LogP contribution in [-0.2, 0) is 6.54 Å². The number of fused-ring (bicyclic) bond motifs is 1. The van der Waals surface area contributed by atoms with E-state index in [0.717, 1.165) is 25.7 Å². The smallest absolute Gasteiger partial charge is 0.0346 e. The number of thiophene rings is 1. The second-order valence-corrected chi connectivity index (χ2v) is 6.06. The molecule has 3 rings (SSSR count). The lowest BCUT2D eigenvalue weighted by molar-refractivity contribution is 0.322. The van der Waals surface area contributed by atoms with Crippen LogP contribution < -0.4 is 5.32 Å². The van der Waals surface area contributed by atoms with Crippen molar-refractivity contribution < 1.29 is 0 Å². The molecule has 0 radical (unpaired) electrons. The van der Waals surface area contributed by atoms with Gasteiger partial charge in [-0.3, -0.25) is 0 Å². The molecule has 0 bridgehead atoms. The Morgan fingerprint density at radius 1 is 1.33 bits per heavy atom. The van der Waals surface area contributed by atoms with Gasteiger partial charge in [0, 0.05) is 30.4 Å². The Morgan fingerprint density at radius 2 is 2.17 bits per heavy atom. The van der Waals surface area contributed by atoms with Crippen LogP contribution in [0.25, 0.3) is 10.1 Å². The normalized spacial score (nSPS) is 15.7. The molecule has 0 saturated heterocycles. The van der Waals surface area contributed by atoms with Crippen LogP contribution in [0.5, 0.6) is 0 Å². The van der Waals surface area contributed by atoms with Crippen LogP contribution in [0.2, 0.25) is 0 Å². The highest BCUT2D eigenvalue weighted by Gasteiger charge is 2.25. The zero-order valence-corrected chi connectivity index (χ0v) is 11.7. The van der Waals surface area contributed by atoms with Crippen LogP contribution in [0, 0.1) is 0 Å². The number of hydrogen-bond acceptors (Lipinski definition) is 3. The summed E-state index contributed by atoms with van der Waals surface area (Å²) in [7, 11) is 2.24. The molecular weight excluding hydrogens is 240 g/mol. The van der Waals surface area contributed by atoms with Crippen molar-refractivity contribution in [3.8, 4) is 0 Å². The van der Waals surface area contributed by atoms with Gasteiger partial charge in [-0.15, -0.1) is 11.3 Å². The molecule has 1 aliphatic carbocycles. The molecule has 1 aliphatic rings. The predicted molar refractivity (Wildman–Crippen MR) is 79.2 cm³/mol. The van der Waals surface area contributed by atoms with Gasteiger partial charge in [-0.2, -0.15) is 0 Å². The largest absolute Gasteiger partial charge is 0.311 e. The molecule has 0 atom stereocenters. The van der Waals surface area contributed by atoms with E-state index in [2.05, 4.69) is 46.9 Å². The lowest BCUT2D eigenvalue weighted by atomic mass is 10.2. The highest BCUT2D eigenvalue weighted by molar-refractivity contribution is 7.17. The molecule has 18 heavy (non-hydrogen) atoms. The Bertz CT molecular complexity index is 516.